The lowest BCUT2D eigenvalue weighted by molar-refractivity contribution is -0.195. The van der Waals surface area contributed by atoms with Crippen molar-refractivity contribution in [3.63, 3.8) is 0 Å². The molecule has 0 bridgehead atoms. The molecule has 1 rings (SSSR count). The van der Waals surface area contributed by atoms with Crippen LogP contribution in [0.5, 0.6) is 0 Å². The average Bonchev–Trinajstić information content (AvgIpc) is 2.93. The van der Waals surface area contributed by atoms with Gasteiger partial charge < -0.3 is 10.4 Å². The number of nitrogens with one attached hydrogen (secondary N) is 1. The largest absolute Gasteiger partial charge is 0.396 e. The molecule has 2 amide bonds. The molecule has 6 nitrogen and oxygen atoms in total. The monoisotopic (exact) mass is 300 g/mol. The Morgan fingerprint density at radius 3 is 2.57 bits per heavy atom. The molecule has 0 aromatic heterocycles. The first-order valence-corrected chi connectivity index (χ1v) is 7.94. The number of unbranched alkanes of at least 4 members (excludes halogenated alkanes) is 3. The van der Waals surface area contributed by atoms with Gasteiger partial charge in [-0.1, -0.05) is 32.6 Å². The second-order valence-electron chi connectivity index (χ2n) is 5.82. The number of hydrogen-bond acceptors (Lipinski definition) is 4. The SMILES string of the molecule is CCCCC(CCCCCO)(C1CCNC1=O)N(O)C=O. The average molecular weight is 300 g/mol. The Morgan fingerprint density at radius 1 is 1.33 bits per heavy atom. The van der Waals surface area contributed by atoms with E-state index in [-0.39, 0.29) is 18.4 Å². The minimum Gasteiger partial charge on any atom is -0.396 e. The van der Waals surface area contributed by atoms with Gasteiger partial charge in [0, 0.05) is 13.2 Å². The van der Waals surface area contributed by atoms with Crippen LogP contribution in [-0.2, 0) is 9.59 Å². The van der Waals surface area contributed by atoms with E-state index in [4.69, 9.17) is 5.11 Å². The molecule has 2 atom stereocenters. The van der Waals surface area contributed by atoms with Crippen molar-refractivity contribution in [3.8, 4) is 0 Å². The molecule has 0 saturated carbocycles. The van der Waals surface area contributed by atoms with Crippen LogP contribution in [0.4, 0.5) is 0 Å². The van der Waals surface area contributed by atoms with Crippen molar-refractivity contribution in [2.24, 2.45) is 5.92 Å². The zero-order valence-electron chi connectivity index (χ0n) is 12.9. The van der Waals surface area contributed by atoms with Gasteiger partial charge in [0.05, 0.1) is 11.5 Å². The zero-order valence-corrected chi connectivity index (χ0v) is 12.9. The predicted octanol–water partition coefficient (Wildman–Crippen LogP) is 1.45. The molecule has 1 saturated heterocycles. The second-order valence-corrected chi connectivity index (χ2v) is 5.82. The molecule has 0 radical (unpaired) electrons. The van der Waals surface area contributed by atoms with Gasteiger partial charge in [-0.2, -0.15) is 0 Å². The molecule has 0 aliphatic carbocycles. The Morgan fingerprint density at radius 2 is 2.05 bits per heavy atom. The summed E-state index contributed by atoms with van der Waals surface area (Å²) >= 11 is 0. The summed E-state index contributed by atoms with van der Waals surface area (Å²) in [4.78, 5) is 23.3. The van der Waals surface area contributed by atoms with Crippen LogP contribution in [0.3, 0.4) is 0 Å². The molecule has 21 heavy (non-hydrogen) atoms. The molecule has 0 aromatic carbocycles. The van der Waals surface area contributed by atoms with Crippen molar-refractivity contribution in [1.29, 1.82) is 0 Å². The van der Waals surface area contributed by atoms with E-state index in [0.717, 1.165) is 30.7 Å². The van der Waals surface area contributed by atoms with Gasteiger partial charge in [0.15, 0.2) is 0 Å². The van der Waals surface area contributed by atoms with Crippen molar-refractivity contribution in [1.82, 2.24) is 10.4 Å². The van der Waals surface area contributed by atoms with Gasteiger partial charge in [-0.05, 0) is 25.7 Å². The van der Waals surface area contributed by atoms with Crippen LogP contribution in [0.1, 0.15) is 58.3 Å². The van der Waals surface area contributed by atoms with Gasteiger partial charge in [-0.25, -0.2) is 5.06 Å². The summed E-state index contributed by atoms with van der Waals surface area (Å²) in [5.41, 5.74) is -0.812. The summed E-state index contributed by atoms with van der Waals surface area (Å²) in [5.74, 6) is -0.428. The number of hydroxylamine groups is 2. The number of amides is 2. The molecule has 1 fully saturated rings. The van der Waals surface area contributed by atoms with Gasteiger partial charge in [-0.3, -0.25) is 14.8 Å². The fraction of sp³-hybridized carbons (Fsp3) is 0.867. The van der Waals surface area contributed by atoms with Gasteiger partial charge in [0.25, 0.3) is 0 Å². The Balaban J connectivity index is 2.90. The van der Waals surface area contributed by atoms with Crippen molar-refractivity contribution in [2.45, 2.75) is 63.8 Å². The molecule has 1 aliphatic rings. The van der Waals surface area contributed by atoms with Gasteiger partial charge >= 0.3 is 0 Å². The number of rotatable bonds is 11. The number of carbonyl (C=O) groups is 2. The standard InChI is InChI=1S/C15H28N2O4/c1-2-3-8-15(17(21)12-19,9-5-4-6-11-18)13-7-10-16-14(13)20/h12-13,18,21H,2-11H2,1H3,(H,16,20). The van der Waals surface area contributed by atoms with Crippen LogP contribution in [-0.4, -0.2) is 46.4 Å². The molecule has 1 aliphatic heterocycles. The lowest BCUT2D eigenvalue weighted by atomic mass is 9.75. The van der Waals surface area contributed by atoms with Crippen LogP contribution >= 0.6 is 0 Å². The number of carbonyl (C=O) groups excluding carboxylic acids is 2. The molecule has 122 valence electrons. The van der Waals surface area contributed by atoms with Crippen molar-refractivity contribution >= 4 is 12.3 Å². The quantitative estimate of drug-likeness (QED) is 0.233. The van der Waals surface area contributed by atoms with Crippen LogP contribution in [0.15, 0.2) is 0 Å². The number of aliphatic hydroxyl groups is 1. The third kappa shape index (κ3) is 4.41. The Labute approximate surface area is 126 Å². The topological polar surface area (TPSA) is 89.9 Å². The van der Waals surface area contributed by atoms with Crippen LogP contribution in [0, 0.1) is 5.92 Å². The maximum absolute atomic E-state index is 12.1. The van der Waals surface area contributed by atoms with Gasteiger partial charge in [0.2, 0.25) is 12.3 Å². The summed E-state index contributed by atoms with van der Waals surface area (Å²) in [6.45, 7) is 2.79. The smallest absolute Gasteiger partial charge is 0.233 e. The first kappa shape index (κ1) is 17.9. The molecular weight excluding hydrogens is 272 g/mol. The summed E-state index contributed by atoms with van der Waals surface area (Å²) in [7, 11) is 0. The fourth-order valence-electron chi connectivity index (χ4n) is 3.28. The van der Waals surface area contributed by atoms with E-state index < -0.39 is 5.54 Å². The maximum atomic E-state index is 12.1. The fourth-order valence-corrected chi connectivity index (χ4v) is 3.28. The summed E-state index contributed by atoms with van der Waals surface area (Å²) in [6, 6.07) is 0. The van der Waals surface area contributed by atoms with E-state index in [1.54, 1.807) is 0 Å². The molecule has 6 heteroatoms. The molecular formula is C15H28N2O4. The molecule has 0 spiro atoms. The minimum atomic E-state index is -0.812. The lowest BCUT2D eigenvalue weighted by Gasteiger charge is -2.42. The first-order valence-electron chi connectivity index (χ1n) is 7.94. The molecule has 1 heterocycles. The summed E-state index contributed by atoms with van der Waals surface area (Å²) < 4.78 is 0. The molecule has 2 unspecified atom stereocenters. The summed E-state index contributed by atoms with van der Waals surface area (Å²) in [5, 5.41) is 22.6. The van der Waals surface area contributed by atoms with E-state index in [2.05, 4.69) is 5.32 Å². The van der Waals surface area contributed by atoms with Gasteiger partial charge in [-0.15, -0.1) is 0 Å². The maximum Gasteiger partial charge on any atom is 0.233 e. The highest BCUT2D eigenvalue weighted by Crippen LogP contribution is 2.38. The van der Waals surface area contributed by atoms with Crippen LogP contribution in [0.2, 0.25) is 0 Å². The van der Waals surface area contributed by atoms with E-state index in [0.29, 0.717) is 38.6 Å². The number of aliphatic hydroxyl groups excluding tert-OH is 1. The van der Waals surface area contributed by atoms with E-state index >= 15 is 0 Å². The highest BCUT2D eigenvalue weighted by Gasteiger charge is 2.48. The van der Waals surface area contributed by atoms with Crippen molar-refractivity contribution < 1.29 is 19.9 Å². The Bertz CT molecular complexity index is 338. The van der Waals surface area contributed by atoms with Crippen molar-refractivity contribution in [2.75, 3.05) is 13.2 Å². The Kier molecular flexibility index (Phi) is 7.67. The van der Waals surface area contributed by atoms with Crippen molar-refractivity contribution in [3.05, 3.63) is 0 Å². The predicted molar refractivity (Wildman–Crippen MR) is 78.6 cm³/mol. The van der Waals surface area contributed by atoms with Crippen LogP contribution in [0.25, 0.3) is 0 Å². The number of nitrogens with zero attached hydrogens (tertiary/aromatic N) is 1. The van der Waals surface area contributed by atoms with E-state index in [1.165, 1.54) is 0 Å². The first-order chi connectivity index (χ1) is 10.1. The van der Waals surface area contributed by atoms with Crippen LogP contribution < -0.4 is 5.32 Å². The van der Waals surface area contributed by atoms with Gasteiger partial charge in [0.1, 0.15) is 0 Å². The molecule has 0 aromatic rings. The highest BCUT2D eigenvalue weighted by atomic mass is 16.5. The Hall–Kier alpha value is -1.14. The normalized spacial score (nSPS) is 20.9. The zero-order chi connectivity index (χ0) is 15.7. The van der Waals surface area contributed by atoms with E-state index in [1.807, 2.05) is 6.92 Å². The summed E-state index contributed by atoms with van der Waals surface area (Å²) in [6.07, 6.45) is 6.38. The molecule has 3 N–H and O–H groups in total. The third-order valence-corrected chi connectivity index (χ3v) is 4.48. The number of hydrogen-bond donors (Lipinski definition) is 3. The second kappa shape index (κ2) is 9.00. The lowest BCUT2D eigenvalue weighted by Crippen LogP contribution is -2.54. The highest BCUT2D eigenvalue weighted by molar-refractivity contribution is 5.82. The minimum absolute atomic E-state index is 0.0749. The van der Waals surface area contributed by atoms with E-state index in [9.17, 15) is 14.8 Å². The third-order valence-electron chi connectivity index (χ3n) is 4.48.